The summed E-state index contributed by atoms with van der Waals surface area (Å²) in [6, 6.07) is 8.97. The molecule has 0 aliphatic rings. The molecule has 3 nitrogen and oxygen atoms in total. The predicted octanol–water partition coefficient (Wildman–Crippen LogP) is 4.72. The van der Waals surface area contributed by atoms with Crippen LogP contribution in [0.25, 0.3) is 0 Å². The molecule has 0 radical (unpaired) electrons. The van der Waals surface area contributed by atoms with Crippen LogP contribution in [0.4, 0.5) is 11.5 Å². The van der Waals surface area contributed by atoms with Crippen molar-refractivity contribution < 1.29 is 0 Å². The van der Waals surface area contributed by atoms with Crippen molar-refractivity contribution >= 4 is 22.8 Å². The largest absolute Gasteiger partial charge is 0.376 e. The molecule has 1 N–H and O–H groups in total. The first-order chi connectivity index (χ1) is 10.2. The zero-order chi connectivity index (χ0) is 15.2. The summed E-state index contributed by atoms with van der Waals surface area (Å²) in [5.41, 5.74) is 1.07. The molecular formula is C17H25N3S. The molecule has 114 valence electrons. The summed E-state index contributed by atoms with van der Waals surface area (Å²) in [5, 5.41) is 3.53. The van der Waals surface area contributed by atoms with Gasteiger partial charge in [-0.15, -0.1) is 11.3 Å². The molecule has 0 spiro atoms. The quantitative estimate of drug-likeness (QED) is 0.802. The van der Waals surface area contributed by atoms with Crippen LogP contribution in [0.15, 0.2) is 30.5 Å². The van der Waals surface area contributed by atoms with Gasteiger partial charge in [-0.05, 0) is 51.5 Å². The Morgan fingerprint density at radius 3 is 2.43 bits per heavy atom. The second kappa shape index (κ2) is 7.46. The summed E-state index contributed by atoms with van der Waals surface area (Å²) in [6.07, 6.45) is 3.04. The second-order valence-corrected chi connectivity index (χ2v) is 6.30. The first-order valence-corrected chi connectivity index (χ1v) is 8.55. The molecule has 0 saturated carbocycles. The van der Waals surface area contributed by atoms with Crippen molar-refractivity contribution in [3.8, 4) is 0 Å². The molecule has 4 heteroatoms. The van der Waals surface area contributed by atoms with Gasteiger partial charge in [0, 0.05) is 22.8 Å². The molecule has 0 fully saturated rings. The molecule has 0 saturated heterocycles. The van der Waals surface area contributed by atoms with Crippen molar-refractivity contribution in [3.05, 3.63) is 40.2 Å². The minimum Gasteiger partial charge on any atom is -0.376 e. The van der Waals surface area contributed by atoms with Crippen LogP contribution in [0.3, 0.4) is 0 Å². The number of anilines is 2. The number of nitrogens with zero attached hydrogens (tertiary/aromatic N) is 2. The van der Waals surface area contributed by atoms with E-state index in [1.54, 1.807) is 0 Å². The minimum absolute atomic E-state index is 0.316. The van der Waals surface area contributed by atoms with Crippen molar-refractivity contribution in [2.45, 2.75) is 40.2 Å². The van der Waals surface area contributed by atoms with E-state index in [2.05, 4.69) is 67.2 Å². The smallest absolute Gasteiger partial charge is 0.128 e. The van der Waals surface area contributed by atoms with Crippen molar-refractivity contribution in [1.82, 2.24) is 4.98 Å². The van der Waals surface area contributed by atoms with Gasteiger partial charge in [0.1, 0.15) is 5.82 Å². The average Bonchev–Trinajstić information content (AvgIpc) is 2.99. The second-order valence-electron chi connectivity index (χ2n) is 5.10. The molecule has 0 aliphatic carbocycles. The summed E-state index contributed by atoms with van der Waals surface area (Å²) < 4.78 is 0. The average molecular weight is 303 g/mol. The number of aryl methyl sites for hydroxylation is 1. The summed E-state index contributed by atoms with van der Waals surface area (Å²) in [5.74, 6) is 1.04. The Morgan fingerprint density at radius 2 is 1.90 bits per heavy atom. The lowest BCUT2D eigenvalue weighted by Crippen LogP contribution is -2.22. The molecule has 2 aromatic heterocycles. The maximum atomic E-state index is 4.56. The summed E-state index contributed by atoms with van der Waals surface area (Å²) in [7, 11) is 0. The fourth-order valence-corrected chi connectivity index (χ4v) is 3.30. The van der Waals surface area contributed by atoms with Gasteiger partial charge in [0.05, 0.1) is 17.9 Å². The molecule has 2 aromatic rings. The Hall–Kier alpha value is -1.55. The molecule has 2 heterocycles. The van der Waals surface area contributed by atoms with Crippen LogP contribution >= 0.6 is 11.3 Å². The van der Waals surface area contributed by atoms with Gasteiger partial charge < -0.3 is 10.2 Å². The van der Waals surface area contributed by atoms with E-state index in [4.69, 9.17) is 0 Å². The summed E-state index contributed by atoms with van der Waals surface area (Å²) >= 11 is 1.88. The zero-order valence-electron chi connectivity index (χ0n) is 13.4. The van der Waals surface area contributed by atoms with Crippen molar-refractivity contribution in [1.29, 1.82) is 0 Å². The van der Waals surface area contributed by atoms with E-state index < -0.39 is 0 Å². The van der Waals surface area contributed by atoms with Crippen molar-refractivity contribution in [3.63, 3.8) is 0 Å². The topological polar surface area (TPSA) is 28.2 Å². The summed E-state index contributed by atoms with van der Waals surface area (Å²) in [4.78, 5) is 9.62. The number of thiophene rings is 1. The Kier molecular flexibility index (Phi) is 5.62. The van der Waals surface area contributed by atoms with E-state index in [-0.39, 0.29) is 0 Å². The van der Waals surface area contributed by atoms with E-state index in [0.717, 1.165) is 31.0 Å². The van der Waals surface area contributed by atoms with Gasteiger partial charge in [-0.2, -0.15) is 0 Å². The molecule has 0 aliphatic heterocycles. The lowest BCUT2D eigenvalue weighted by molar-refractivity contribution is 0.844. The van der Waals surface area contributed by atoms with Crippen molar-refractivity contribution in [2.24, 2.45) is 0 Å². The number of pyridine rings is 1. The number of nitrogens with one attached hydrogen (secondary N) is 1. The summed E-state index contributed by atoms with van der Waals surface area (Å²) in [6.45, 7) is 10.7. The maximum Gasteiger partial charge on any atom is 0.128 e. The molecule has 1 unspecified atom stereocenters. The Morgan fingerprint density at radius 1 is 1.14 bits per heavy atom. The monoisotopic (exact) mass is 303 g/mol. The fraction of sp³-hybridized carbons (Fsp3) is 0.471. The molecule has 0 bridgehead atoms. The van der Waals surface area contributed by atoms with Crippen LogP contribution in [0.5, 0.6) is 0 Å². The number of hydrogen-bond acceptors (Lipinski definition) is 4. The van der Waals surface area contributed by atoms with E-state index in [1.807, 2.05) is 17.5 Å². The van der Waals surface area contributed by atoms with Gasteiger partial charge >= 0.3 is 0 Å². The minimum atomic E-state index is 0.316. The molecule has 21 heavy (non-hydrogen) atoms. The third-order valence-corrected chi connectivity index (χ3v) is 5.09. The van der Waals surface area contributed by atoms with Gasteiger partial charge in [-0.25, -0.2) is 4.98 Å². The highest BCUT2D eigenvalue weighted by Crippen LogP contribution is 2.26. The Labute approximate surface area is 132 Å². The first-order valence-electron chi connectivity index (χ1n) is 7.74. The highest BCUT2D eigenvalue weighted by atomic mass is 32.1. The molecule has 0 amide bonds. The van der Waals surface area contributed by atoms with Crippen LogP contribution in [0.1, 0.15) is 43.5 Å². The lowest BCUT2D eigenvalue weighted by atomic mass is 10.2. The van der Waals surface area contributed by atoms with Crippen LogP contribution in [0, 0.1) is 0 Å². The van der Waals surface area contributed by atoms with Crippen LogP contribution in [-0.4, -0.2) is 18.1 Å². The third kappa shape index (κ3) is 3.97. The lowest BCUT2D eigenvalue weighted by Gasteiger charge is -2.20. The van der Waals surface area contributed by atoms with Gasteiger partial charge in [0.25, 0.3) is 0 Å². The standard InChI is InChI=1S/C17H25N3S/c1-5-15-9-10-16(21-15)13(4)19-14-8-11-17(18-12-14)20(6-2)7-3/h8-13,19H,5-7H2,1-4H3. The number of hydrogen-bond donors (Lipinski definition) is 1. The molecular weight excluding hydrogens is 278 g/mol. The van der Waals surface area contributed by atoms with Gasteiger partial charge in [0.2, 0.25) is 0 Å². The highest BCUT2D eigenvalue weighted by Gasteiger charge is 2.09. The number of rotatable bonds is 7. The normalized spacial score (nSPS) is 12.2. The Bertz CT molecular complexity index is 543. The van der Waals surface area contributed by atoms with Crippen LogP contribution in [0.2, 0.25) is 0 Å². The van der Waals surface area contributed by atoms with Gasteiger partial charge in [-0.3, -0.25) is 0 Å². The Balaban J connectivity index is 2.02. The molecule has 0 aromatic carbocycles. The van der Waals surface area contributed by atoms with E-state index in [1.165, 1.54) is 9.75 Å². The van der Waals surface area contributed by atoms with Gasteiger partial charge in [-0.1, -0.05) is 6.92 Å². The van der Waals surface area contributed by atoms with Crippen LogP contribution < -0.4 is 10.2 Å². The molecule has 1 atom stereocenters. The maximum absolute atomic E-state index is 4.56. The first kappa shape index (κ1) is 15.8. The van der Waals surface area contributed by atoms with Crippen LogP contribution in [-0.2, 0) is 6.42 Å². The van der Waals surface area contributed by atoms with E-state index in [0.29, 0.717) is 6.04 Å². The van der Waals surface area contributed by atoms with Gasteiger partial charge in [0.15, 0.2) is 0 Å². The predicted molar refractivity (Wildman–Crippen MR) is 93.5 cm³/mol. The third-order valence-electron chi connectivity index (χ3n) is 3.68. The molecule has 2 rings (SSSR count). The van der Waals surface area contributed by atoms with Crippen molar-refractivity contribution in [2.75, 3.05) is 23.3 Å². The fourth-order valence-electron chi connectivity index (χ4n) is 2.34. The zero-order valence-corrected chi connectivity index (χ0v) is 14.2. The van der Waals surface area contributed by atoms with E-state index >= 15 is 0 Å². The van der Waals surface area contributed by atoms with E-state index in [9.17, 15) is 0 Å². The number of aromatic nitrogens is 1. The SMILES string of the molecule is CCc1ccc(C(C)Nc2ccc(N(CC)CC)nc2)s1. The highest BCUT2D eigenvalue weighted by molar-refractivity contribution is 7.12.